The number of H-pyrrole nitrogens is 1. The number of aliphatic hydroxyl groups is 1. The molecule has 0 aliphatic carbocycles. The van der Waals surface area contributed by atoms with Crippen molar-refractivity contribution >= 4 is 15.9 Å². The van der Waals surface area contributed by atoms with Gasteiger partial charge >= 0.3 is 13.3 Å². The summed E-state index contributed by atoms with van der Waals surface area (Å²) in [7, 11) is -4.86. The van der Waals surface area contributed by atoms with Gasteiger partial charge in [-0.2, -0.15) is 0 Å². The zero-order valence-electron chi connectivity index (χ0n) is 24.9. The van der Waals surface area contributed by atoms with Gasteiger partial charge in [-0.1, -0.05) is 27.7 Å². The number of nitrogens with zero attached hydrogens (tertiary/aromatic N) is 1. The van der Waals surface area contributed by atoms with Crippen molar-refractivity contribution in [3.63, 3.8) is 0 Å². The van der Waals surface area contributed by atoms with Gasteiger partial charge in [0.1, 0.15) is 12.2 Å². The zero-order valence-corrected chi connectivity index (χ0v) is 26.8. The van der Waals surface area contributed by atoms with Crippen molar-refractivity contribution in [3.05, 3.63) is 32.6 Å². The van der Waals surface area contributed by atoms with Gasteiger partial charge in [-0.3, -0.25) is 18.9 Å². The molecule has 0 amide bonds. The van der Waals surface area contributed by atoms with E-state index in [0.717, 1.165) is 0 Å². The maximum absolute atomic E-state index is 14.2. The Morgan fingerprint density at radius 2 is 1.77 bits per heavy atom. The molecule has 1 fully saturated rings. The molecular formula is C25H47N2O10PSi. The van der Waals surface area contributed by atoms with E-state index < -0.39 is 63.5 Å². The largest absolute Gasteiger partial charge is 0.403 e. The summed E-state index contributed by atoms with van der Waals surface area (Å²) in [5, 5.41) is 11.3. The minimum absolute atomic E-state index is 0.122. The lowest BCUT2D eigenvalue weighted by Gasteiger charge is -2.43. The average Bonchev–Trinajstić information content (AvgIpc) is 3.15. The maximum Gasteiger partial charge on any atom is 0.358 e. The van der Waals surface area contributed by atoms with Crippen LogP contribution >= 0.6 is 7.60 Å². The molecule has 0 saturated carbocycles. The summed E-state index contributed by atoms with van der Waals surface area (Å²) in [6.07, 6.45) is -2.94. The third-order valence-corrected chi connectivity index (χ3v) is 14.5. The molecule has 1 aliphatic heterocycles. The highest BCUT2D eigenvalue weighted by Crippen LogP contribution is 2.59. The molecule has 226 valence electrons. The molecule has 6 atom stereocenters. The van der Waals surface area contributed by atoms with Crippen molar-refractivity contribution in [2.45, 2.75) is 97.0 Å². The van der Waals surface area contributed by atoms with Gasteiger partial charge in [0.15, 0.2) is 20.4 Å². The summed E-state index contributed by atoms with van der Waals surface area (Å²) >= 11 is 0. The van der Waals surface area contributed by atoms with E-state index in [-0.39, 0.29) is 37.0 Å². The van der Waals surface area contributed by atoms with Crippen LogP contribution in [0, 0.1) is 12.8 Å². The minimum atomic E-state index is -3.85. The van der Waals surface area contributed by atoms with Crippen LogP contribution in [0.4, 0.5) is 0 Å². The van der Waals surface area contributed by atoms with E-state index in [4.69, 9.17) is 27.7 Å². The summed E-state index contributed by atoms with van der Waals surface area (Å²) in [6.45, 7) is 17.6. The first-order valence-corrected chi connectivity index (χ1v) is 17.9. The van der Waals surface area contributed by atoms with E-state index >= 15 is 0 Å². The second-order valence-corrected chi connectivity index (χ2v) is 18.2. The second kappa shape index (κ2) is 13.7. The quantitative estimate of drug-likeness (QED) is 0.187. The summed E-state index contributed by atoms with van der Waals surface area (Å²) in [4.78, 5) is 27.0. The predicted molar refractivity (Wildman–Crippen MR) is 150 cm³/mol. The summed E-state index contributed by atoms with van der Waals surface area (Å²) in [5.41, 5.74) is -0.940. The van der Waals surface area contributed by atoms with E-state index in [1.165, 1.54) is 17.9 Å². The molecule has 14 heteroatoms. The SMILES string of the molecule is CCOP(=O)(OCC)[C@H](O[Si](C)(C)C(C)(C)C)[C@H](C)[C@H]1O[C@@H](n2cc(C)c(=O)[nH]c2=O)[C@H](OCCOC)[C@@H]1O. The highest BCUT2D eigenvalue weighted by Gasteiger charge is 2.55. The number of aryl methyl sites for hydroxylation is 1. The van der Waals surface area contributed by atoms with E-state index in [1.807, 2.05) is 13.1 Å². The maximum atomic E-state index is 14.2. The van der Waals surface area contributed by atoms with Gasteiger partial charge in [-0.05, 0) is 38.9 Å². The molecule has 2 N–H and O–H groups in total. The molecule has 2 heterocycles. The number of ether oxygens (including phenoxy) is 3. The van der Waals surface area contributed by atoms with Crippen LogP contribution in [0.5, 0.6) is 0 Å². The van der Waals surface area contributed by atoms with Crippen LogP contribution in [0.15, 0.2) is 15.8 Å². The Morgan fingerprint density at radius 1 is 1.18 bits per heavy atom. The molecule has 39 heavy (non-hydrogen) atoms. The molecule has 2 rings (SSSR count). The average molecular weight is 595 g/mol. The second-order valence-electron chi connectivity index (χ2n) is 11.3. The van der Waals surface area contributed by atoms with E-state index in [2.05, 4.69) is 25.8 Å². The lowest BCUT2D eigenvalue weighted by atomic mass is 9.99. The van der Waals surface area contributed by atoms with Crippen LogP contribution in [0.3, 0.4) is 0 Å². The molecule has 0 bridgehead atoms. The van der Waals surface area contributed by atoms with Gasteiger partial charge in [0.25, 0.3) is 5.56 Å². The van der Waals surface area contributed by atoms with Crippen molar-refractivity contribution < 1.29 is 37.4 Å². The number of aromatic nitrogens is 2. The lowest BCUT2D eigenvalue weighted by molar-refractivity contribution is -0.0859. The van der Waals surface area contributed by atoms with Gasteiger partial charge < -0.3 is 32.8 Å². The number of aliphatic hydroxyl groups excluding tert-OH is 1. The van der Waals surface area contributed by atoms with Crippen molar-refractivity contribution in [3.8, 4) is 0 Å². The fourth-order valence-corrected chi connectivity index (χ4v) is 8.51. The third-order valence-electron chi connectivity index (χ3n) is 7.39. The molecule has 0 unspecified atom stereocenters. The van der Waals surface area contributed by atoms with Gasteiger partial charge in [0.2, 0.25) is 0 Å². The van der Waals surface area contributed by atoms with Crippen LogP contribution in [0.25, 0.3) is 0 Å². The topological polar surface area (TPSA) is 148 Å². The predicted octanol–water partition coefficient (Wildman–Crippen LogP) is 3.39. The molecular weight excluding hydrogens is 547 g/mol. The van der Waals surface area contributed by atoms with Gasteiger partial charge in [0.05, 0.1) is 32.5 Å². The fourth-order valence-electron chi connectivity index (χ4n) is 4.20. The van der Waals surface area contributed by atoms with E-state index in [0.29, 0.717) is 0 Å². The number of hydrogen-bond donors (Lipinski definition) is 2. The number of nitrogens with one attached hydrogen (secondary N) is 1. The van der Waals surface area contributed by atoms with E-state index in [9.17, 15) is 19.3 Å². The molecule has 0 aromatic carbocycles. The molecule has 1 saturated heterocycles. The first-order valence-electron chi connectivity index (χ1n) is 13.4. The Labute approximate surface area is 232 Å². The molecule has 1 aromatic heterocycles. The number of rotatable bonds is 14. The van der Waals surface area contributed by atoms with Gasteiger partial charge in [-0.25, -0.2) is 4.79 Å². The Bertz CT molecular complexity index is 1090. The summed E-state index contributed by atoms with van der Waals surface area (Å²) in [5.74, 6) is -1.78. The van der Waals surface area contributed by atoms with Crippen LogP contribution < -0.4 is 11.2 Å². The number of hydrogen-bond acceptors (Lipinski definition) is 10. The number of aromatic amines is 1. The van der Waals surface area contributed by atoms with E-state index in [1.54, 1.807) is 27.7 Å². The summed E-state index contributed by atoms with van der Waals surface area (Å²) in [6, 6.07) is 0. The fraction of sp³-hybridized carbons (Fsp3) is 0.840. The Balaban J connectivity index is 2.59. The Hall–Kier alpha value is -1.15. The normalized spacial score (nSPS) is 24.2. The number of methoxy groups -OCH3 is 1. The Morgan fingerprint density at radius 3 is 2.28 bits per heavy atom. The highest BCUT2D eigenvalue weighted by atomic mass is 31.2. The lowest BCUT2D eigenvalue weighted by Crippen LogP contribution is -2.49. The van der Waals surface area contributed by atoms with Crippen LogP contribution in [-0.2, 0) is 32.2 Å². The smallest absolute Gasteiger partial charge is 0.358 e. The van der Waals surface area contributed by atoms with Crippen LogP contribution in [-0.4, -0.2) is 80.7 Å². The molecule has 0 radical (unpaired) electrons. The van der Waals surface area contributed by atoms with Gasteiger partial charge in [-0.15, -0.1) is 0 Å². The first-order chi connectivity index (χ1) is 18.0. The van der Waals surface area contributed by atoms with Crippen molar-refractivity contribution in [1.82, 2.24) is 9.55 Å². The van der Waals surface area contributed by atoms with Crippen LogP contribution in [0.2, 0.25) is 18.1 Å². The molecule has 1 aromatic rings. The van der Waals surface area contributed by atoms with Crippen molar-refractivity contribution in [2.75, 3.05) is 33.5 Å². The highest BCUT2D eigenvalue weighted by molar-refractivity contribution is 7.54. The minimum Gasteiger partial charge on any atom is -0.403 e. The van der Waals surface area contributed by atoms with Crippen molar-refractivity contribution in [1.29, 1.82) is 0 Å². The molecule has 0 spiro atoms. The monoisotopic (exact) mass is 594 g/mol. The standard InChI is InChI=1S/C25H47N2O10PSi/c1-11-34-38(31,35-12-2)23(37-39(9,10)25(5,6)7)17(4)19-18(28)20(33-14-13-32-8)22(36-19)27-15-16(3)21(29)26-24(27)30/h15,17-20,22-23,28H,11-14H2,1-10H3,(H,26,29,30)/t17-,18-,19-,20-,22-,23+/m1/s1. The van der Waals surface area contributed by atoms with Crippen molar-refractivity contribution in [2.24, 2.45) is 5.92 Å². The Kier molecular flexibility index (Phi) is 11.9. The first kappa shape index (κ1) is 34.1. The zero-order chi connectivity index (χ0) is 29.8. The molecule has 12 nitrogen and oxygen atoms in total. The third kappa shape index (κ3) is 7.78. The van der Waals surface area contributed by atoms with Gasteiger partial charge in [0, 0.05) is 24.8 Å². The molecule has 1 aliphatic rings. The summed E-state index contributed by atoms with van der Waals surface area (Å²) < 4.78 is 50.8. The van der Waals surface area contributed by atoms with Crippen LogP contribution in [0.1, 0.15) is 53.3 Å².